The fourth-order valence-electron chi connectivity index (χ4n) is 2.87. The number of para-hydroxylation sites is 1. The first-order chi connectivity index (χ1) is 15.2. The second-order valence-corrected chi connectivity index (χ2v) is 7.66. The monoisotopic (exact) mass is 430 g/mol. The Hall–Kier alpha value is -3.64. The van der Waals surface area contributed by atoms with Gasteiger partial charge in [-0.15, -0.1) is 11.3 Å². The van der Waals surface area contributed by atoms with E-state index in [1.54, 1.807) is 24.3 Å². The van der Waals surface area contributed by atoms with Gasteiger partial charge in [0.15, 0.2) is 5.13 Å². The van der Waals surface area contributed by atoms with E-state index in [0.29, 0.717) is 23.1 Å². The first kappa shape index (κ1) is 20.6. The number of nitrogens with zero attached hydrogens (tertiary/aromatic N) is 1. The lowest BCUT2D eigenvalue weighted by Gasteiger charge is -2.06. The molecule has 0 spiro atoms. The van der Waals surface area contributed by atoms with E-state index in [9.17, 15) is 4.79 Å². The molecular formula is C25H22N2O3S. The fourth-order valence-corrected chi connectivity index (χ4v) is 3.59. The van der Waals surface area contributed by atoms with E-state index < -0.39 is 0 Å². The van der Waals surface area contributed by atoms with E-state index in [0.717, 1.165) is 29.2 Å². The number of rotatable bonds is 8. The van der Waals surface area contributed by atoms with Crippen molar-refractivity contribution in [2.45, 2.75) is 13.3 Å². The van der Waals surface area contributed by atoms with Crippen LogP contribution >= 0.6 is 11.3 Å². The summed E-state index contributed by atoms with van der Waals surface area (Å²) in [6, 6.07) is 24.3. The lowest BCUT2D eigenvalue weighted by atomic mass is 10.2. The van der Waals surface area contributed by atoms with Crippen LogP contribution in [0.25, 0.3) is 11.3 Å². The number of benzene rings is 3. The van der Waals surface area contributed by atoms with E-state index in [1.165, 1.54) is 11.3 Å². The number of thiazole rings is 1. The maximum Gasteiger partial charge on any atom is 0.257 e. The van der Waals surface area contributed by atoms with E-state index in [-0.39, 0.29) is 5.91 Å². The summed E-state index contributed by atoms with van der Waals surface area (Å²) in [6.07, 6.45) is 0.972. The summed E-state index contributed by atoms with van der Waals surface area (Å²) < 4.78 is 11.4. The zero-order chi connectivity index (χ0) is 21.5. The minimum atomic E-state index is -0.213. The summed E-state index contributed by atoms with van der Waals surface area (Å²) >= 11 is 1.39. The van der Waals surface area contributed by atoms with Gasteiger partial charge in [0.2, 0.25) is 0 Å². The third-order valence-corrected chi connectivity index (χ3v) is 5.20. The van der Waals surface area contributed by atoms with Gasteiger partial charge in [-0.1, -0.05) is 25.1 Å². The quantitative estimate of drug-likeness (QED) is 0.340. The van der Waals surface area contributed by atoms with Crippen LogP contribution in [0.15, 0.2) is 84.2 Å². The Morgan fingerprint density at radius 3 is 2.29 bits per heavy atom. The molecule has 4 aromatic rings. The molecule has 0 saturated carbocycles. The maximum absolute atomic E-state index is 12.6. The fraction of sp³-hybridized carbons (Fsp3) is 0.120. The number of ether oxygens (including phenoxy) is 2. The number of nitrogens with one attached hydrogen (secondary N) is 1. The van der Waals surface area contributed by atoms with E-state index in [1.807, 2.05) is 60.0 Å². The molecule has 156 valence electrons. The number of carbonyl (C=O) groups excluding carboxylic acids is 1. The Labute approximate surface area is 185 Å². The van der Waals surface area contributed by atoms with Crippen LogP contribution in [0.5, 0.6) is 17.2 Å². The van der Waals surface area contributed by atoms with Gasteiger partial charge in [-0.3, -0.25) is 10.1 Å². The van der Waals surface area contributed by atoms with E-state index >= 15 is 0 Å². The van der Waals surface area contributed by atoms with Crippen molar-refractivity contribution < 1.29 is 14.3 Å². The molecule has 0 atom stereocenters. The van der Waals surface area contributed by atoms with E-state index in [2.05, 4.69) is 17.2 Å². The molecule has 0 saturated heterocycles. The number of amides is 1. The molecular weight excluding hydrogens is 408 g/mol. The minimum Gasteiger partial charge on any atom is -0.494 e. The van der Waals surface area contributed by atoms with Crippen LogP contribution in [0.4, 0.5) is 5.13 Å². The largest absolute Gasteiger partial charge is 0.494 e. The van der Waals surface area contributed by atoms with Crippen molar-refractivity contribution >= 4 is 22.4 Å². The van der Waals surface area contributed by atoms with Crippen molar-refractivity contribution in [3.05, 3.63) is 89.8 Å². The molecule has 0 radical (unpaired) electrons. The predicted molar refractivity (Wildman–Crippen MR) is 124 cm³/mol. The average Bonchev–Trinajstić information content (AvgIpc) is 3.27. The van der Waals surface area contributed by atoms with Crippen molar-refractivity contribution in [1.29, 1.82) is 0 Å². The molecule has 4 rings (SSSR count). The van der Waals surface area contributed by atoms with Crippen LogP contribution in [-0.4, -0.2) is 17.5 Å². The SMILES string of the molecule is CCCOc1ccc(-c2csc(NC(=O)c3ccc(Oc4ccccc4)cc3)n2)cc1. The highest BCUT2D eigenvalue weighted by Gasteiger charge is 2.11. The lowest BCUT2D eigenvalue weighted by Crippen LogP contribution is -2.11. The zero-order valence-electron chi connectivity index (χ0n) is 17.1. The summed E-state index contributed by atoms with van der Waals surface area (Å²) in [5, 5.41) is 5.34. The van der Waals surface area contributed by atoms with E-state index in [4.69, 9.17) is 9.47 Å². The van der Waals surface area contributed by atoms with Crippen molar-refractivity contribution in [2.75, 3.05) is 11.9 Å². The average molecular weight is 431 g/mol. The van der Waals surface area contributed by atoms with Gasteiger partial charge in [-0.25, -0.2) is 4.98 Å². The summed E-state index contributed by atoms with van der Waals surface area (Å²) in [7, 11) is 0. The highest BCUT2D eigenvalue weighted by molar-refractivity contribution is 7.14. The first-order valence-electron chi connectivity index (χ1n) is 10.0. The van der Waals surface area contributed by atoms with Crippen LogP contribution in [0.1, 0.15) is 23.7 Å². The molecule has 5 nitrogen and oxygen atoms in total. The molecule has 0 aliphatic rings. The van der Waals surface area contributed by atoms with Crippen LogP contribution < -0.4 is 14.8 Å². The molecule has 3 aromatic carbocycles. The second kappa shape index (κ2) is 9.91. The Kier molecular flexibility index (Phi) is 6.59. The van der Waals surface area contributed by atoms with Crippen LogP contribution in [0, 0.1) is 0 Å². The second-order valence-electron chi connectivity index (χ2n) is 6.80. The smallest absolute Gasteiger partial charge is 0.257 e. The van der Waals surface area contributed by atoms with Gasteiger partial charge in [0.1, 0.15) is 17.2 Å². The molecule has 1 aromatic heterocycles. The number of hydrogen-bond acceptors (Lipinski definition) is 5. The maximum atomic E-state index is 12.6. The molecule has 1 heterocycles. The van der Waals surface area contributed by atoms with Gasteiger partial charge < -0.3 is 9.47 Å². The highest BCUT2D eigenvalue weighted by atomic mass is 32.1. The number of hydrogen-bond donors (Lipinski definition) is 1. The molecule has 0 bridgehead atoms. The normalized spacial score (nSPS) is 10.5. The molecule has 31 heavy (non-hydrogen) atoms. The van der Waals surface area contributed by atoms with Gasteiger partial charge in [0, 0.05) is 16.5 Å². The summed E-state index contributed by atoms with van der Waals surface area (Å²) in [5.74, 6) is 2.05. The third kappa shape index (κ3) is 5.49. The molecule has 0 fully saturated rings. The molecule has 0 aliphatic heterocycles. The van der Waals surface area contributed by atoms with Crippen molar-refractivity contribution in [1.82, 2.24) is 4.98 Å². The lowest BCUT2D eigenvalue weighted by molar-refractivity contribution is 0.102. The van der Waals surface area contributed by atoms with Gasteiger partial charge in [0.25, 0.3) is 5.91 Å². The number of aromatic nitrogens is 1. The number of anilines is 1. The zero-order valence-corrected chi connectivity index (χ0v) is 17.9. The van der Waals surface area contributed by atoms with Crippen molar-refractivity contribution in [2.24, 2.45) is 0 Å². The van der Waals surface area contributed by atoms with Crippen molar-refractivity contribution in [3.63, 3.8) is 0 Å². The predicted octanol–water partition coefficient (Wildman–Crippen LogP) is 6.64. The minimum absolute atomic E-state index is 0.213. The Morgan fingerprint density at radius 1 is 0.903 bits per heavy atom. The summed E-state index contributed by atoms with van der Waals surface area (Å²) in [4.78, 5) is 17.1. The van der Waals surface area contributed by atoms with Gasteiger partial charge in [0.05, 0.1) is 12.3 Å². The molecule has 0 unspecified atom stereocenters. The Balaban J connectivity index is 1.37. The molecule has 0 aliphatic carbocycles. The third-order valence-electron chi connectivity index (χ3n) is 4.44. The summed E-state index contributed by atoms with van der Waals surface area (Å²) in [6.45, 7) is 2.78. The van der Waals surface area contributed by atoms with Crippen LogP contribution in [-0.2, 0) is 0 Å². The summed E-state index contributed by atoms with van der Waals surface area (Å²) in [5.41, 5.74) is 2.33. The van der Waals surface area contributed by atoms with Gasteiger partial charge in [-0.2, -0.15) is 0 Å². The number of carbonyl (C=O) groups is 1. The van der Waals surface area contributed by atoms with Crippen molar-refractivity contribution in [3.8, 4) is 28.5 Å². The standard InChI is InChI=1S/C25H22N2O3S/c1-2-16-29-20-12-8-18(9-13-20)23-17-31-25(26-23)27-24(28)19-10-14-22(15-11-19)30-21-6-4-3-5-7-21/h3-15,17H,2,16H2,1H3,(H,26,27,28). The topological polar surface area (TPSA) is 60.5 Å². The van der Waals surface area contributed by atoms with Gasteiger partial charge in [-0.05, 0) is 67.1 Å². The van der Waals surface area contributed by atoms with Gasteiger partial charge >= 0.3 is 0 Å². The van der Waals surface area contributed by atoms with Crippen LogP contribution in [0.3, 0.4) is 0 Å². The molecule has 1 amide bonds. The Morgan fingerprint density at radius 2 is 1.58 bits per heavy atom. The molecule has 1 N–H and O–H groups in total. The first-order valence-corrected chi connectivity index (χ1v) is 10.9. The van der Waals surface area contributed by atoms with Crippen LogP contribution in [0.2, 0.25) is 0 Å². The highest BCUT2D eigenvalue weighted by Crippen LogP contribution is 2.27. The molecule has 6 heteroatoms. The Bertz CT molecular complexity index is 1120.